The van der Waals surface area contributed by atoms with E-state index in [0.717, 1.165) is 11.8 Å². The van der Waals surface area contributed by atoms with E-state index in [9.17, 15) is 0 Å². The molecule has 1 fully saturated rings. The Hall–Kier alpha value is -0.0400. The number of likely N-dealkylation sites (tertiary alicyclic amines) is 1. The van der Waals surface area contributed by atoms with Gasteiger partial charge in [0.05, 0.1) is 0 Å². The van der Waals surface area contributed by atoms with Crippen LogP contribution in [-0.4, -0.2) is 24.5 Å². The lowest BCUT2D eigenvalue weighted by atomic mass is 10.0. The molecule has 0 bridgehead atoms. The molecule has 2 unspecified atom stereocenters. The molecule has 1 aliphatic heterocycles. The molecule has 2 atom stereocenters. The summed E-state index contributed by atoms with van der Waals surface area (Å²) in [6.07, 6.45) is 2.86. The van der Waals surface area contributed by atoms with Crippen molar-refractivity contribution in [1.29, 1.82) is 0 Å². The highest BCUT2D eigenvalue weighted by atomic mass is 15.1. The number of nitrogens with zero attached hydrogens (tertiary/aromatic N) is 1. The molecule has 0 aliphatic carbocycles. The lowest BCUT2D eigenvalue weighted by Crippen LogP contribution is -2.29. The van der Waals surface area contributed by atoms with Crippen LogP contribution in [0.2, 0.25) is 0 Å². The van der Waals surface area contributed by atoms with Crippen molar-refractivity contribution in [3.8, 4) is 0 Å². The Kier molecular flexibility index (Phi) is 3.38. The maximum absolute atomic E-state index is 2.59. The Balaban J connectivity index is 2.41. The third kappa shape index (κ3) is 2.82. The number of rotatable bonds is 1. The van der Waals surface area contributed by atoms with E-state index in [4.69, 9.17) is 0 Å². The van der Waals surface area contributed by atoms with Crippen LogP contribution in [0, 0.1) is 11.8 Å². The summed E-state index contributed by atoms with van der Waals surface area (Å²) in [4.78, 5) is 2.59. The van der Waals surface area contributed by atoms with Crippen molar-refractivity contribution >= 4 is 0 Å². The van der Waals surface area contributed by atoms with Gasteiger partial charge in [0, 0.05) is 13.1 Å². The lowest BCUT2D eigenvalue weighted by molar-refractivity contribution is 0.249. The second-order valence-electron chi connectivity index (χ2n) is 4.14. The fourth-order valence-corrected chi connectivity index (χ4v) is 1.97. The summed E-state index contributed by atoms with van der Waals surface area (Å²) >= 11 is 0. The maximum Gasteiger partial charge on any atom is 0.000702 e. The topological polar surface area (TPSA) is 3.24 Å². The van der Waals surface area contributed by atoms with Crippen LogP contribution >= 0.6 is 0 Å². The van der Waals surface area contributed by atoms with Gasteiger partial charge in [-0.2, -0.15) is 0 Å². The normalized spacial score (nSPS) is 35.2. The first-order chi connectivity index (χ1) is 5.22. The Morgan fingerprint density at radius 1 is 1.09 bits per heavy atom. The zero-order chi connectivity index (χ0) is 8.27. The Bertz CT molecular complexity index is 99.4. The van der Waals surface area contributed by atoms with Gasteiger partial charge in [-0.05, 0) is 31.2 Å². The Labute approximate surface area is 70.8 Å². The monoisotopic (exact) mass is 155 g/mol. The fraction of sp³-hybridized carbons (Fsp3) is 1.00. The van der Waals surface area contributed by atoms with Crippen LogP contribution < -0.4 is 0 Å². The second-order valence-corrected chi connectivity index (χ2v) is 4.14. The molecule has 0 aromatic rings. The molecule has 0 saturated carbocycles. The van der Waals surface area contributed by atoms with E-state index in [2.05, 4.69) is 25.7 Å². The summed E-state index contributed by atoms with van der Waals surface area (Å²) in [6, 6.07) is 0. The maximum atomic E-state index is 2.59. The van der Waals surface area contributed by atoms with E-state index >= 15 is 0 Å². The van der Waals surface area contributed by atoms with E-state index in [1.54, 1.807) is 0 Å². The molecule has 1 aliphatic rings. The summed E-state index contributed by atoms with van der Waals surface area (Å²) in [6.45, 7) is 10.9. The molecular weight excluding hydrogens is 134 g/mol. The van der Waals surface area contributed by atoms with Gasteiger partial charge >= 0.3 is 0 Å². The summed E-state index contributed by atoms with van der Waals surface area (Å²) < 4.78 is 0. The smallest absolute Gasteiger partial charge is 0.000702 e. The van der Waals surface area contributed by atoms with Crippen molar-refractivity contribution in [3.63, 3.8) is 0 Å². The largest absolute Gasteiger partial charge is 0.303 e. The van der Waals surface area contributed by atoms with Gasteiger partial charge in [-0.15, -0.1) is 0 Å². The molecule has 0 amide bonds. The van der Waals surface area contributed by atoms with E-state index in [1.165, 1.54) is 32.5 Å². The van der Waals surface area contributed by atoms with Gasteiger partial charge in [-0.25, -0.2) is 0 Å². The second kappa shape index (κ2) is 4.10. The molecule has 0 spiro atoms. The highest BCUT2D eigenvalue weighted by Crippen LogP contribution is 2.19. The standard InChI is InChI=1S/C10H21N/c1-4-11-7-9(2)5-6-10(3)8-11/h9-10H,4-8H2,1-3H3. The van der Waals surface area contributed by atoms with Crippen LogP contribution in [0.1, 0.15) is 33.6 Å². The average molecular weight is 155 g/mol. The highest BCUT2D eigenvalue weighted by Gasteiger charge is 2.17. The van der Waals surface area contributed by atoms with Gasteiger partial charge in [-0.1, -0.05) is 20.8 Å². The molecule has 11 heavy (non-hydrogen) atoms. The van der Waals surface area contributed by atoms with Crippen LogP contribution in [0.5, 0.6) is 0 Å². The van der Waals surface area contributed by atoms with Crippen LogP contribution in [0.25, 0.3) is 0 Å². The summed E-state index contributed by atoms with van der Waals surface area (Å²) in [5.41, 5.74) is 0. The molecule has 0 N–H and O–H groups in total. The van der Waals surface area contributed by atoms with Crippen molar-refractivity contribution in [2.24, 2.45) is 11.8 Å². The van der Waals surface area contributed by atoms with Gasteiger partial charge < -0.3 is 4.90 Å². The summed E-state index contributed by atoms with van der Waals surface area (Å²) in [5.74, 6) is 1.83. The zero-order valence-electron chi connectivity index (χ0n) is 8.14. The van der Waals surface area contributed by atoms with Crippen LogP contribution in [0.4, 0.5) is 0 Å². The molecule has 0 radical (unpaired) electrons. The van der Waals surface area contributed by atoms with Gasteiger partial charge in [0.2, 0.25) is 0 Å². The first kappa shape index (κ1) is 9.05. The predicted molar refractivity (Wildman–Crippen MR) is 49.7 cm³/mol. The zero-order valence-corrected chi connectivity index (χ0v) is 8.14. The third-order valence-corrected chi connectivity index (χ3v) is 2.74. The lowest BCUT2D eigenvalue weighted by Gasteiger charge is -2.21. The molecule has 1 heterocycles. The van der Waals surface area contributed by atoms with Crippen molar-refractivity contribution in [2.45, 2.75) is 33.6 Å². The minimum atomic E-state index is 0.917. The van der Waals surface area contributed by atoms with E-state index in [0.29, 0.717) is 0 Å². The summed E-state index contributed by atoms with van der Waals surface area (Å²) in [5, 5.41) is 0. The third-order valence-electron chi connectivity index (χ3n) is 2.74. The van der Waals surface area contributed by atoms with Gasteiger partial charge in [-0.3, -0.25) is 0 Å². The molecule has 1 rings (SSSR count). The molecule has 0 aromatic carbocycles. The van der Waals surface area contributed by atoms with Crippen molar-refractivity contribution in [2.75, 3.05) is 19.6 Å². The SMILES string of the molecule is CCN1CC(C)CCC(C)C1. The van der Waals surface area contributed by atoms with Gasteiger partial charge in [0.25, 0.3) is 0 Å². The van der Waals surface area contributed by atoms with Crippen molar-refractivity contribution < 1.29 is 0 Å². The molecule has 1 heteroatoms. The first-order valence-electron chi connectivity index (χ1n) is 4.94. The molecular formula is C10H21N. The molecule has 0 aromatic heterocycles. The number of hydrogen-bond donors (Lipinski definition) is 0. The minimum absolute atomic E-state index is 0.917. The van der Waals surface area contributed by atoms with Gasteiger partial charge in [0.15, 0.2) is 0 Å². The quantitative estimate of drug-likeness (QED) is 0.562. The van der Waals surface area contributed by atoms with E-state index in [-0.39, 0.29) is 0 Å². The van der Waals surface area contributed by atoms with Crippen LogP contribution in [0.3, 0.4) is 0 Å². The molecule has 66 valence electrons. The minimum Gasteiger partial charge on any atom is -0.303 e. The van der Waals surface area contributed by atoms with E-state index in [1.807, 2.05) is 0 Å². The van der Waals surface area contributed by atoms with Crippen LogP contribution in [0.15, 0.2) is 0 Å². The Morgan fingerprint density at radius 3 is 1.91 bits per heavy atom. The first-order valence-corrected chi connectivity index (χ1v) is 4.94. The van der Waals surface area contributed by atoms with Gasteiger partial charge in [0.1, 0.15) is 0 Å². The predicted octanol–water partition coefficient (Wildman–Crippen LogP) is 2.37. The fourth-order valence-electron chi connectivity index (χ4n) is 1.97. The average Bonchev–Trinajstić information content (AvgIpc) is 2.13. The van der Waals surface area contributed by atoms with Crippen molar-refractivity contribution in [3.05, 3.63) is 0 Å². The van der Waals surface area contributed by atoms with E-state index < -0.39 is 0 Å². The highest BCUT2D eigenvalue weighted by molar-refractivity contribution is 4.70. The van der Waals surface area contributed by atoms with Crippen molar-refractivity contribution in [1.82, 2.24) is 4.90 Å². The summed E-state index contributed by atoms with van der Waals surface area (Å²) in [7, 11) is 0. The number of hydrogen-bond acceptors (Lipinski definition) is 1. The molecule has 1 nitrogen and oxygen atoms in total. The molecule has 1 saturated heterocycles. The van der Waals surface area contributed by atoms with Crippen LogP contribution in [-0.2, 0) is 0 Å². The Morgan fingerprint density at radius 2 is 1.55 bits per heavy atom.